The summed E-state index contributed by atoms with van der Waals surface area (Å²) >= 11 is 5.59. The first-order valence-electron chi connectivity index (χ1n) is 6.50. The van der Waals surface area contributed by atoms with E-state index >= 15 is 0 Å². The van der Waals surface area contributed by atoms with Crippen LogP contribution >= 0.6 is 11.6 Å². The Kier molecular flexibility index (Phi) is 6.89. The first-order valence-corrected chi connectivity index (χ1v) is 6.93. The summed E-state index contributed by atoms with van der Waals surface area (Å²) in [5, 5.41) is 3.37. The zero-order valence-electron chi connectivity index (χ0n) is 11.7. The lowest BCUT2D eigenvalue weighted by Crippen LogP contribution is -2.20. The lowest BCUT2D eigenvalue weighted by molar-refractivity contribution is 0.341. The Morgan fingerprint density at radius 3 is 2.89 bits per heavy atom. The highest BCUT2D eigenvalue weighted by atomic mass is 35.5. The number of ether oxygens (including phenoxy) is 1. The van der Waals surface area contributed by atoms with Gasteiger partial charge >= 0.3 is 0 Å². The fourth-order valence-electron chi connectivity index (χ4n) is 1.68. The van der Waals surface area contributed by atoms with Crippen molar-refractivity contribution >= 4 is 11.6 Å². The molecule has 0 bridgehead atoms. The van der Waals surface area contributed by atoms with Crippen LogP contribution in [0, 0.1) is 5.82 Å². The van der Waals surface area contributed by atoms with Crippen LogP contribution in [0.5, 0.6) is 5.75 Å². The van der Waals surface area contributed by atoms with Crippen LogP contribution in [-0.4, -0.2) is 13.2 Å². The van der Waals surface area contributed by atoms with Gasteiger partial charge in [0.1, 0.15) is 18.2 Å². The van der Waals surface area contributed by atoms with Gasteiger partial charge in [-0.05, 0) is 38.5 Å². The third-order valence-corrected chi connectivity index (χ3v) is 3.16. The summed E-state index contributed by atoms with van der Waals surface area (Å²) in [7, 11) is 0. The highest BCUT2D eigenvalue weighted by Crippen LogP contribution is 2.26. The molecule has 4 heteroatoms. The van der Waals surface area contributed by atoms with Crippen molar-refractivity contribution < 1.29 is 9.13 Å². The maximum Gasteiger partial charge on any atom is 0.127 e. The summed E-state index contributed by atoms with van der Waals surface area (Å²) in [4.78, 5) is 0. The molecule has 0 amide bonds. The van der Waals surface area contributed by atoms with E-state index in [1.807, 2.05) is 13.8 Å². The standard InChI is InChI=1S/C15H21ClFNO/c1-4-7-18-12(3)14-6-5-13(17)8-15(14)19-10-11(2)9-16/h5-6,8-9,12,18H,4,7,10H2,1-3H3/b11-9+. The minimum atomic E-state index is -0.297. The van der Waals surface area contributed by atoms with Crippen molar-refractivity contribution in [2.45, 2.75) is 33.2 Å². The second-order valence-electron chi connectivity index (χ2n) is 4.60. The molecule has 0 saturated heterocycles. The Hall–Kier alpha value is -1.06. The number of nitrogens with one attached hydrogen (secondary N) is 1. The minimum absolute atomic E-state index is 0.121. The van der Waals surface area contributed by atoms with Crippen molar-refractivity contribution in [1.82, 2.24) is 5.32 Å². The zero-order chi connectivity index (χ0) is 14.3. The number of hydrogen-bond acceptors (Lipinski definition) is 2. The molecule has 1 atom stereocenters. The van der Waals surface area contributed by atoms with Crippen molar-refractivity contribution in [3.63, 3.8) is 0 Å². The van der Waals surface area contributed by atoms with E-state index in [9.17, 15) is 4.39 Å². The molecule has 1 N–H and O–H groups in total. The molecule has 0 aliphatic heterocycles. The zero-order valence-corrected chi connectivity index (χ0v) is 12.4. The molecular weight excluding hydrogens is 265 g/mol. The van der Waals surface area contributed by atoms with Gasteiger partial charge in [-0.2, -0.15) is 0 Å². The number of benzene rings is 1. The molecule has 0 spiro atoms. The van der Waals surface area contributed by atoms with Crippen LogP contribution in [0.1, 0.15) is 38.8 Å². The highest BCUT2D eigenvalue weighted by molar-refractivity contribution is 6.25. The van der Waals surface area contributed by atoms with Gasteiger partial charge in [-0.25, -0.2) is 4.39 Å². The van der Waals surface area contributed by atoms with Crippen LogP contribution in [0.2, 0.25) is 0 Å². The molecule has 0 aliphatic carbocycles. The molecule has 0 radical (unpaired) electrons. The van der Waals surface area contributed by atoms with Crippen molar-refractivity contribution in [2.24, 2.45) is 0 Å². The molecule has 0 aromatic heterocycles. The van der Waals surface area contributed by atoms with E-state index in [0.29, 0.717) is 12.4 Å². The van der Waals surface area contributed by atoms with Gasteiger partial charge in [0, 0.05) is 23.2 Å². The van der Waals surface area contributed by atoms with E-state index in [-0.39, 0.29) is 11.9 Å². The molecular formula is C15H21ClFNO. The Morgan fingerprint density at radius 2 is 2.26 bits per heavy atom. The third kappa shape index (κ3) is 5.21. The third-order valence-electron chi connectivity index (χ3n) is 2.78. The lowest BCUT2D eigenvalue weighted by Gasteiger charge is -2.18. The number of rotatable bonds is 7. The molecule has 2 nitrogen and oxygen atoms in total. The molecule has 1 unspecified atom stereocenters. The van der Waals surface area contributed by atoms with Gasteiger partial charge in [0.05, 0.1) is 0 Å². The van der Waals surface area contributed by atoms with Crippen molar-refractivity contribution in [2.75, 3.05) is 13.2 Å². The maximum absolute atomic E-state index is 13.3. The molecule has 0 saturated carbocycles. The van der Waals surface area contributed by atoms with E-state index in [0.717, 1.165) is 24.1 Å². The molecule has 19 heavy (non-hydrogen) atoms. The molecule has 0 fully saturated rings. The van der Waals surface area contributed by atoms with Crippen LogP contribution in [0.15, 0.2) is 29.3 Å². The number of halogens is 2. The summed E-state index contributed by atoms with van der Waals surface area (Å²) in [6.07, 6.45) is 1.05. The molecule has 1 aromatic rings. The Morgan fingerprint density at radius 1 is 1.53 bits per heavy atom. The van der Waals surface area contributed by atoms with Crippen LogP contribution < -0.4 is 10.1 Å². The SMILES string of the molecule is CCCNC(C)c1ccc(F)cc1OC/C(C)=C/Cl. The summed E-state index contributed by atoms with van der Waals surface area (Å²) in [6, 6.07) is 4.76. The summed E-state index contributed by atoms with van der Waals surface area (Å²) in [6.45, 7) is 7.29. The Balaban J connectivity index is 2.84. The maximum atomic E-state index is 13.3. The second-order valence-corrected chi connectivity index (χ2v) is 4.82. The molecule has 1 aromatic carbocycles. The van der Waals surface area contributed by atoms with E-state index in [1.54, 1.807) is 6.07 Å². The van der Waals surface area contributed by atoms with E-state index in [2.05, 4.69) is 12.2 Å². The monoisotopic (exact) mass is 285 g/mol. The Labute approximate surface area is 119 Å². The van der Waals surface area contributed by atoms with E-state index in [4.69, 9.17) is 16.3 Å². The normalized spacial score (nSPS) is 13.4. The average Bonchev–Trinajstić information content (AvgIpc) is 2.42. The fourth-order valence-corrected chi connectivity index (χ4v) is 1.75. The summed E-state index contributed by atoms with van der Waals surface area (Å²) < 4.78 is 19.0. The van der Waals surface area contributed by atoms with Gasteiger partial charge in [-0.3, -0.25) is 0 Å². The molecule has 0 aliphatic rings. The van der Waals surface area contributed by atoms with Gasteiger partial charge in [-0.15, -0.1) is 0 Å². The summed E-state index contributed by atoms with van der Waals surface area (Å²) in [5.74, 6) is 0.267. The van der Waals surface area contributed by atoms with E-state index in [1.165, 1.54) is 17.7 Å². The van der Waals surface area contributed by atoms with Crippen LogP contribution in [0.25, 0.3) is 0 Å². The average molecular weight is 286 g/mol. The second kappa shape index (κ2) is 8.18. The predicted molar refractivity (Wildman–Crippen MR) is 78.2 cm³/mol. The molecule has 0 heterocycles. The largest absolute Gasteiger partial charge is 0.489 e. The van der Waals surface area contributed by atoms with Gasteiger partial charge in [0.25, 0.3) is 0 Å². The van der Waals surface area contributed by atoms with Crippen LogP contribution in [0.4, 0.5) is 4.39 Å². The Bertz CT molecular complexity index is 434. The highest BCUT2D eigenvalue weighted by Gasteiger charge is 2.12. The minimum Gasteiger partial charge on any atom is -0.489 e. The lowest BCUT2D eigenvalue weighted by atomic mass is 10.1. The van der Waals surface area contributed by atoms with E-state index < -0.39 is 0 Å². The van der Waals surface area contributed by atoms with Gasteiger partial charge in [0.15, 0.2) is 0 Å². The van der Waals surface area contributed by atoms with Crippen molar-refractivity contribution in [3.8, 4) is 5.75 Å². The van der Waals surface area contributed by atoms with Crippen molar-refractivity contribution in [3.05, 3.63) is 40.7 Å². The molecule has 106 valence electrons. The topological polar surface area (TPSA) is 21.3 Å². The smallest absolute Gasteiger partial charge is 0.127 e. The fraction of sp³-hybridized carbons (Fsp3) is 0.467. The predicted octanol–water partition coefficient (Wildman–Crippen LogP) is 4.41. The van der Waals surface area contributed by atoms with Gasteiger partial charge in [-0.1, -0.05) is 24.6 Å². The van der Waals surface area contributed by atoms with Crippen LogP contribution in [0.3, 0.4) is 0 Å². The van der Waals surface area contributed by atoms with Crippen molar-refractivity contribution in [1.29, 1.82) is 0 Å². The molecule has 1 rings (SSSR count). The summed E-state index contributed by atoms with van der Waals surface area (Å²) in [5.41, 5.74) is 3.32. The van der Waals surface area contributed by atoms with Gasteiger partial charge < -0.3 is 10.1 Å². The van der Waals surface area contributed by atoms with Gasteiger partial charge in [0.2, 0.25) is 0 Å². The quantitative estimate of drug-likeness (QED) is 0.801. The first-order chi connectivity index (χ1) is 9.08. The van der Waals surface area contributed by atoms with Crippen LogP contribution in [-0.2, 0) is 0 Å². The number of hydrogen-bond donors (Lipinski definition) is 1. The first kappa shape index (κ1) is 16.0.